The van der Waals surface area contributed by atoms with Crippen molar-refractivity contribution in [3.05, 3.63) is 11.6 Å². The minimum Gasteiger partial charge on any atom is -0.387 e. The van der Waals surface area contributed by atoms with Gasteiger partial charge in [0.25, 0.3) is 0 Å². The Morgan fingerprint density at radius 2 is 1.53 bits per heavy atom. The van der Waals surface area contributed by atoms with Crippen molar-refractivity contribution in [2.75, 3.05) is 0 Å². The van der Waals surface area contributed by atoms with Gasteiger partial charge in [0.05, 0.1) is 17.3 Å². The van der Waals surface area contributed by atoms with Crippen molar-refractivity contribution in [3.8, 4) is 0 Å². The first-order chi connectivity index (χ1) is 15.7. The summed E-state index contributed by atoms with van der Waals surface area (Å²) in [6, 6.07) is 0. The topological polar surface area (TPSA) is 29.5 Å². The molecule has 0 amide bonds. The highest BCUT2D eigenvalue weighted by atomic mass is 16.5. The average molecular weight is 471 g/mol. The zero-order valence-electron chi connectivity index (χ0n) is 23.8. The molecule has 0 aromatic heterocycles. The van der Waals surface area contributed by atoms with Gasteiger partial charge in [-0.2, -0.15) is 0 Å². The molecule has 0 bridgehead atoms. The van der Waals surface area contributed by atoms with Gasteiger partial charge in [0.2, 0.25) is 0 Å². The molecule has 1 N–H and O–H groups in total. The van der Waals surface area contributed by atoms with Crippen LogP contribution in [-0.4, -0.2) is 22.4 Å². The predicted molar refractivity (Wildman–Crippen MR) is 141 cm³/mol. The number of aliphatic hydroxyl groups is 1. The van der Waals surface area contributed by atoms with E-state index in [4.69, 9.17) is 4.74 Å². The molecule has 1 aliphatic heterocycles. The molecule has 0 aromatic carbocycles. The van der Waals surface area contributed by atoms with Crippen molar-refractivity contribution >= 4 is 0 Å². The third kappa shape index (κ3) is 3.32. The number of hydrogen-bond acceptors (Lipinski definition) is 2. The van der Waals surface area contributed by atoms with Gasteiger partial charge in [-0.3, -0.25) is 0 Å². The molecule has 4 aliphatic carbocycles. The molecule has 0 radical (unpaired) electrons. The smallest absolute Gasteiger partial charge is 0.0941 e. The summed E-state index contributed by atoms with van der Waals surface area (Å²) in [7, 11) is 0. The molecule has 0 spiro atoms. The number of ether oxygens (including phenoxy) is 1. The van der Waals surface area contributed by atoms with E-state index >= 15 is 0 Å². The molecule has 34 heavy (non-hydrogen) atoms. The van der Waals surface area contributed by atoms with Crippen LogP contribution in [0.15, 0.2) is 11.6 Å². The van der Waals surface area contributed by atoms with Crippen LogP contribution in [0.1, 0.15) is 120 Å². The van der Waals surface area contributed by atoms with Crippen LogP contribution in [0.4, 0.5) is 0 Å². The molecular weight excluding hydrogens is 416 g/mol. The molecule has 1 heterocycles. The van der Waals surface area contributed by atoms with Crippen LogP contribution in [0.25, 0.3) is 0 Å². The Kier molecular flexibility index (Phi) is 5.83. The van der Waals surface area contributed by atoms with Gasteiger partial charge < -0.3 is 9.84 Å². The number of allylic oxidation sites excluding steroid dienone is 1. The Labute approximate surface area is 210 Å². The van der Waals surface area contributed by atoms with Crippen molar-refractivity contribution in [1.82, 2.24) is 0 Å². The highest BCUT2D eigenvalue weighted by molar-refractivity contribution is 5.19. The second-order valence-corrected chi connectivity index (χ2v) is 15.4. The van der Waals surface area contributed by atoms with Gasteiger partial charge in [-0.25, -0.2) is 0 Å². The summed E-state index contributed by atoms with van der Waals surface area (Å²) in [6.45, 7) is 21.8. The summed E-state index contributed by atoms with van der Waals surface area (Å²) < 4.78 is 6.79. The molecular formula is C32H54O2. The third-order valence-electron chi connectivity index (χ3n) is 13.3. The molecule has 2 heteroatoms. The van der Waals surface area contributed by atoms with Gasteiger partial charge in [-0.1, -0.05) is 46.3 Å². The highest BCUT2D eigenvalue weighted by Gasteiger charge is 2.69. The van der Waals surface area contributed by atoms with Gasteiger partial charge in [0.1, 0.15) is 0 Å². The van der Waals surface area contributed by atoms with Gasteiger partial charge in [0, 0.05) is 5.92 Å². The van der Waals surface area contributed by atoms with Gasteiger partial charge >= 0.3 is 0 Å². The summed E-state index contributed by atoms with van der Waals surface area (Å²) in [4.78, 5) is 0. The lowest BCUT2D eigenvalue weighted by molar-refractivity contribution is -0.214. The van der Waals surface area contributed by atoms with Crippen LogP contribution in [0.3, 0.4) is 0 Å². The van der Waals surface area contributed by atoms with E-state index in [2.05, 4.69) is 68.4 Å². The molecule has 1 saturated heterocycles. The van der Waals surface area contributed by atoms with E-state index < -0.39 is 5.60 Å². The van der Waals surface area contributed by atoms with E-state index in [0.717, 1.165) is 36.5 Å². The van der Waals surface area contributed by atoms with E-state index in [9.17, 15) is 5.11 Å². The monoisotopic (exact) mass is 470 g/mol. The molecule has 2 nitrogen and oxygen atoms in total. The fourth-order valence-corrected chi connectivity index (χ4v) is 11.4. The fraction of sp³-hybridized carbons (Fsp3) is 0.938. The number of fused-ring (bicyclic) bond motifs is 7. The summed E-state index contributed by atoms with van der Waals surface area (Å²) >= 11 is 0. The van der Waals surface area contributed by atoms with Crippen molar-refractivity contribution in [2.45, 2.75) is 137 Å². The van der Waals surface area contributed by atoms with E-state index in [1.165, 1.54) is 50.5 Å². The average Bonchev–Trinajstić information content (AvgIpc) is 2.94. The first kappa shape index (κ1) is 25.3. The van der Waals surface area contributed by atoms with Gasteiger partial charge in [-0.05, 0) is 131 Å². The molecule has 0 aromatic rings. The predicted octanol–water partition coefficient (Wildman–Crippen LogP) is 8.18. The molecule has 11 unspecified atom stereocenters. The van der Waals surface area contributed by atoms with E-state index in [-0.39, 0.29) is 17.6 Å². The Balaban J connectivity index is 1.46. The maximum Gasteiger partial charge on any atom is 0.0941 e. The van der Waals surface area contributed by atoms with Crippen molar-refractivity contribution in [1.29, 1.82) is 0 Å². The largest absolute Gasteiger partial charge is 0.387 e. The molecule has 4 saturated carbocycles. The minimum atomic E-state index is -0.739. The van der Waals surface area contributed by atoms with Gasteiger partial charge in [-0.15, -0.1) is 0 Å². The van der Waals surface area contributed by atoms with Crippen LogP contribution < -0.4 is 0 Å². The first-order valence-corrected chi connectivity index (χ1v) is 14.7. The molecule has 5 rings (SSSR count). The normalized spacial score (nSPS) is 56.0. The zero-order valence-corrected chi connectivity index (χ0v) is 23.8. The second-order valence-electron chi connectivity index (χ2n) is 15.4. The summed E-state index contributed by atoms with van der Waals surface area (Å²) in [6.07, 6.45) is 13.7. The van der Waals surface area contributed by atoms with Crippen molar-refractivity contribution in [3.63, 3.8) is 0 Å². The summed E-state index contributed by atoms with van der Waals surface area (Å²) in [5.41, 5.74) is 1.76. The number of rotatable bonds is 2. The van der Waals surface area contributed by atoms with Crippen LogP contribution in [-0.2, 0) is 4.74 Å². The SMILES string of the molecule is CC(C)=CCC1OC2(C)CCC3C(CCC4C3(C)CCC3C(C)(C)C(C)CCC34C)C2C1(C)O. The minimum absolute atomic E-state index is 0.0736. The standard InChI is InChI=1S/C32H54O2/c1-20(2)10-13-26-32(9,33)27-22-11-12-25-29(6,23(22)15-19-31(27,8)34-26)18-16-24-28(4,5)21(3)14-17-30(24,25)7/h10,21-27,33H,11-19H2,1-9H3. The van der Waals surface area contributed by atoms with E-state index in [1.807, 2.05) is 0 Å². The van der Waals surface area contributed by atoms with E-state index in [1.54, 1.807) is 0 Å². The Morgan fingerprint density at radius 1 is 0.853 bits per heavy atom. The highest BCUT2D eigenvalue weighted by Crippen LogP contribution is 2.73. The Bertz CT molecular complexity index is 836. The van der Waals surface area contributed by atoms with Crippen LogP contribution in [0.5, 0.6) is 0 Å². The fourth-order valence-electron chi connectivity index (χ4n) is 11.4. The third-order valence-corrected chi connectivity index (χ3v) is 13.3. The lowest BCUT2D eigenvalue weighted by Gasteiger charge is -2.69. The maximum atomic E-state index is 12.0. The van der Waals surface area contributed by atoms with Crippen LogP contribution >= 0.6 is 0 Å². The van der Waals surface area contributed by atoms with Crippen molar-refractivity contribution < 1.29 is 9.84 Å². The zero-order chi connectivity index (χ0) is 24.9. The molecule has 5 fully saturated rings. The lowest BCUT2D eigenvalue weighted by Crippen LogP contribution is -2.64. The van der Waals surface area contributed by atoms with Crippen LogP contribution in [0, 0.1) is 51.8 Å². The van der Waals surface area contributed by atoms with Gasteiger partial charge in [0.15, 0.2) is 0 Å². The quantitative estimate of drug-likeness (QED) is 0.412. The first-order valence-electron chi connectivity index (χ1n) is 14.7. The van der Waals surface area contributed by atoms with Crippen LogP contribution in [0.2, 0.25) is 0 Å². The molecule has 5 aliphatic rings. The maximum absolute atomic E-state index is 12.0. The Hall–Kier alpha value is -0.340. The summed E-state index contributed by atoms with van der Waals surface area (Å²) in [5, 5.41) is 12.0. The summed E-state index contributed by atoms with van der Waals surface area (Å²) in [5.74, 6) is 4.14. The Morgan fingerprint density at radius 3 is 2.21 bits per heavy atom. The second kappa shape index (κ2) is 7.83. The molecule has 194 valence electrons. The van der Waals surface area contributed by atoms with E-state index in [0.29, 0.717) is 22.2 Å². The molecule has 11 atom stereocenters. The number of hydrogen-bond donors (Lipinski definition) is 1. The lowest BCUT2D eigenvalue weighted by atomic mass is 9.36. The van der Waals surface area contributed by atoms with Crippen molar-refractivity contribution in [2.24, 2.45) is 51.8 Å².